The lowest BCUT2D eigenvalue weighted by Crippen LogP contribution is -2.56. The molecule has 156 valence electrons. The fourth-order valence-electron chi connectivity index (χ4n) is 5.00. The number of hydrogen-bond acceptors (Lipinski definition) is 5. The highest BCUT2D eigenvalue weighted by atomic mass is 16.5. The average molecular weight is 399 g/mol. The number of nitrogens with one attached hydrogen (secondary N) is 1. The Morgan fingerprint density at radius 3 is 2.83 bits per heavy atom. The van der Waals surface area contributed by atoms with E-state index in [1.54, 1.807) is 13.4 Å². The minimum absolute atomic E-state index is 0.0225. The van der Waals surface area contributed by atoms with E-state index in [1.807, 2.05) is 24.3 Å². The van der Waals surface area contributed by atoms with E-state index in [0.717, 1.165) is 49.2 Å². The first kappa shape index (κ1) is 20.0. The molecule has 0 radical (unpaired) electrons. The van der Waals surface area contributed by atoms with Crippen LogP contribution in [0.2, 0.25) is 0 Å². The maximum absolute atomic E-state index is 12.6. The number of fused-ring (bicyclic) bond motifs is 1. The smallest absolute Gasteiger partial charge is 0.234 e. The summed E-state index contributed by atoms with van der Waals surface area (Å²) in [5, 5.41) is 14.3. The van der Waals surface area contributed by atoms with Gasteiger partial charge in [0, 0.05) is 18.5 Å². The number of benzene rings is 1. The fourth-order valence-corrected chi connectivity index (χ4v) is 5.00. The molecule has 1 aliphatic carbocycles. The first-order valence-corrected chi connectivity index (χ1v) is 10.5. The molecule has 2 aromatic rings. The van der Waals surface area contributed by atoms with Gasteiger partial charge >= 0.3 is 0 Å². The SMILES string of the molecule is COc1ccc([C@@H]2[C@@H]3CCCC[C@]3(O)CCN2CC(=O)NCc2ccco2)cc1. The standard InChI is InChI=1S/C23H30N2O4/c1-28-18-9-7-17(8-10-18)22-20-6-2-3-11-23(20,27)12-13-25(22)16-21(26)24-15-19-5-4-14-29-19/h4-5,7-10,14,20,22,27H,2-3,6,11-13,15-16H2,1H3,(H,24,26)/t20-,22+,23-/m0/s1. The highest BCUT2D eigenvalue weighted by Crippen LogP contribution is 2.49. The number of carbonyl (C=O) groups excluding carboxylic acids is 1. The predicted molar refractivity (Wildman–Crippen MR) is 109 cm³/mol. The van der Waals surface area contributed by atoms with Crippen LogP contribution in [0.25, 0.3) is 0 Å². The number of ether oxygens (including phenoxy) is 1. The molecule has 2 fully saturated rings. The molecule has 1 saturated heterocycles. The van der Waals surface area contributed by atoms with Gasteiger partial charge in [-0.25, -0.2) is 0 Å². The molecule has 3 atom stereocenters. The van der Waals surface area contributed by atoms with E-state index >= 15 is 0 Å². The van der Waals surface area contributed by atoms with Crippen LogP contribution in [0.4, 0.5) is 0 Å². The van der Waals surface area contributed by atoms with Crippen molar-refractivity contribution in [2.24, 2.45) is 5.92 Å². The number of likely N-dealkylation sites (tertiary alicyclic amines) is 1. The summed E-state index contributed by atoms with van der Waals surface area (Å²) in [6.07, 6.45) is 6.36. The van der Waals surface area contributed by atoms with Gasteiger partial charge in [-0.1, -0.05) is 25.0 Å². The lowest BCUT2D eigenvalue weighted by molar-refractivity contribution is -0.138. The summed E-state index contributed by atoms with van der Waals surface area (Å²) in [7, 11) is 1.66. The van der Waals surface area contributed by atoms with Gasteiger partial charge in [-0.15, -0.1) is 0 Å². The molecule has 1 aromatic heterocycles. The van der Waals surface area contributed by atoms with Gasteiger partial charge in [0.2, 0.25) is 5.91 Å². The lowest BCUT2D eigenvalue weighted by Gasteiger charge is -2.52. The summed E-state index contributed by atoms with van der Waals surface area (Å²) < 4.78 is 10.6. The Morgan fingerprint density at radius 1 is 1.28 bits per heavy atom. The van der Waals surface area contributed by atoms with Gasteiger partial charge in [-0.3, -0.25) is 9.69 Å². The van der Waals surface area contributed by atoms with Crippen LogP contribution in [0.1, 0.15) is 49.5 Å². The summed E-state index contributed by atoms with van der Waals surface area (Å²) in [6.45, 7) is 1.40. The molecular weight excluding hydrogens is 368 g/mol. The average Bonchev–Trinajstić information content (AvgIpc) is 3.26. The Hall–Kier alpha value is -2.31. The summed E-state index contributed by atoms with van der Waals surface area (Å²) in [6, 6.07) is 11.7. The van der Waals surface area contributed by atoms with E-state index in [1.165, 1.54) is 0 Å². The molecule has 0 unspecified atom stereocenters. The number of aliphatic hydroxyl groups is 1. The van der Waals surface area contributed by atoms with Gasteiger partial charge in [0.25, 0.3) is 0 Å². The van der Waals surface area contributed by atoms with Crippen molar-refractivity contribution in [1.82, 2.24) is 10.2 Å². The number of piperidine rings is 1. The largest absolute Gasteiger partial charge is 0.497 e. The van der Waals surface area contributed by atoms with Crippen molar-refractivity contribution in [1.29, 1.82) is 0 Å². The second-order valence-electron chi connectivity index (χ2n) is 8.25. The van der Waals surface area contributed by atoms with Crippen molar-refractivity contribution in [2.75, 3.05) is 20.2 Å². The van der Waals surface area contributed by atoms with Gasteiger partial charge in [0.15, 0.2) is 0 Å². The van der Waals surface area contributed by atoms with E-state index in [0.29, 0.717) is 19.6 Å². The molecule has 1 saturated carbocycles. The summed E-state index contributed by atoms with van der Waals surface area (Å²) in [5.41, 5.74) is 0.499. The zero-order chi connectivity index (χ0) is 20.3. The predicted octanol–water partition coefficient (Wildman–Crippen LogP) is 3.27. The third kappa shape index (κ3) is 4.33. The number of furan rings is 1. The molecule has 2 aliphatic rings. The Morgan fingerprint density at radius 2 is 2.10 bits per heavy atom. The van der Waals surface area contributed by atoms with Crippen molar-refractivity contribution < 1.29 is 19.1 Å². The van der Waals surface area contributed by atoms with Crippen LogP contribution in [-0.4, -0.2) is 41.7 Å². The van der Waals surface area contributed by atoms with E-state index in [9.17, 15) is 9.90 Å². The van der Waals surface area contributed by atoms with Crippen LogP contribution in [0, 0.1) is 5.92 Å². The molecule has 29 heavy (non-hydrogen) atoms. The highest BCUT2D eigenvalue weighted by Gasteiger charge is 2.49. The second kappa shape index (κ2) is 8.59. The maximum atomic E-state index is 12.6. The molecule has 0 spiro atoms. The number of methoxy groups -OCH3 is 1. The third-order valence-electron chi connectivity index (χ3n) is 6.52. The molecule has 2 N–H and O–H groups in total. The lowest BCUT2D eigenvalue weighted by atomic mass is 9.66. The van der Waals surface area contributed by atoms with Gasteiger partial charge in [-0.2, -0.15) is 0 Å². The zero-order valence-electron chi connectivity index (χ0n) is 17.0. The quantitative estimate of drug-likeness (QED) is 0.781. The summed E-state index contributed by atoms with van der Waals surface area (Å²) >= 11 is 0. The van der Waals surface area contributed by atoms with E-state index in [4.69, 9.17) is 9.15 Å². The summed E-state index contributed by atoms with van der Waals surface area (Å²) in [4.78, 5) is 14.9. The van der Waals surface area contributed by atoms with Crippen LogP contribution in [0.3, 0.4) is 0 Å². The van der Waals surface area contributed by atoms with Gasteiger partial charge in [0.05, 0.1) is 32.1 Å². The molecular formula is C23H30N2O4. The molecule has 0 bridgehead atoms. The Balaban J connectivity index is 1.52. The van der Waals surface area contributed by atoms with E-state index < -0.39 is 5.60 Å². The third-order valence-corrected chi connectivity index (χ3v) is 6.52. The molecule has 1 aliphatic heterocycles. The molecule has 1 aromatic carbocycles. The Kier molecular flexibility index (Phi) is 5.92. The second-order valence-corrected chi connectivity index (χ2v) is 8.25. The van der Waals surface area contributed by atoms with Crippen LogP contribution in [0.5, 0.6) is 5.75 Å². The highest BCUT2D eigenvalue weighted by molar-refractivity contribution is 5.78. The first-order chi connectivity index (χ1) is 14.1. The van der Waals surface area contributed by atoms with Crippen LogP contribution in [-0.2, 0) is 11.3 Å². The number of nitrogens with zero attached hydrogens (tertiary/aromatic N) is 1. The number of hydrogen-bond donors (Lipinski definition) is 2. The first-order valence-electron chi connectivity index (χ1n) is 10.5. The van der Waals surface area contributed by atoms with Crippen molar-refractivity contribution in [3.05, 3.63) is 54.0 Å². The number of rotatable bonds is 6. The molecule has 6 nitrogen and oxygen atoms in total. The molecule has 2 heterocycles. The summed E-state index contributed by atoms with van der Waals surface area (Å²) in [5.74, 6) is 1.66. The number of carbonyl (C=O) groups is 1. The zero-order valence-corrected chi connectivity index (χ0v) is 17.0. The molecule has 4 rings (SSSR count). The van der Waals surface area contributed by atoms with Crippen LogP contribution in [0.15, 0.2) is 47.1 Å². The van der Waals surface area contributed by atoms with Gasteiger partial charge < -0.3 is 19.6 Å². The monoisotopic (exact) mass is 398 g/mol. The van der Waals surface area contributed by atoms with Gasteiger partial charge in [-0.05, 0) is 49.1 Å². The number of amides is 1. The van der Waals surface area contributed by atoms with Crippen LogP contribution < -0.4 is 10.1 Å². The minimum atomic E-state index is -0.635. The maximum Gasteiger partial charge on any atom is 0.234 e. The normalized spacial score (nSPS) is 27.2. The van der Waals surface area contributed by atoms with Crippen molar-refractivity contribution in [3.63, 3.8) is 0 Å². The van der Waals surface area contributed by atoms with Gasteiger partial charge in [0.1, 0.15) is 11.5 Å². The van der Waals surface area contributed by atoms with Crippen molar-refractivity contribution in [2.45, 2.75) is 50.3 Å². The van der Waals surface area contributed by atoms with Crippen molar-refractivity contribution in [3.8, 4) is 5.75 Å². The van der Waals surface area contributed by atoms with E-state index in [-0.39, 0.29) is 17.9 Å². The minimum Gasteiger partial charge on any atom is -0.497 e. The topological polar surface area (TPSA) is 74.9 Å². The van der Waals surface area contributed by atoms with Crippen molar-refractivity contribution >= 4 is 5.91 Å². The molecule has 1 amide bonds. The van der Waals surface area contributed by atoms with Crippen LogP contribution >= 0.6 is 0 Å². The Labute approximate surface area is 171 Å². The molecule has 6 heteroatoms. The fraction of sp³-hybridized carbons (Fsp3) is 0.522. The van der Waals surface area contributed by atoms with E-state index in [2.05, 4.69) is 22.3 Å². The Bertz CT molecular complexity index is 805.